The standard InChI is InChI=1S/C30H36N2O3S/c1-2-3-4-8-19-31-30(35)32(20-11-15-24-12-6-5-7-13-24)26-16-10-18-28(23-26)36-27-17-9-14-25(21-27)22-29(33)34/h5-7,9-10,12-14,16-18,21,23H,2-4,8,11,15,19-20,22H2,1H3,(H,31,35)(H,33,34). The van der Waals surface area contributed by atoms with Gasteiger partial charge in [0.05, 0.1) is 6.42 Å². The van der Waals surface area contributed by atoms with Crippen LogP contribution in [0, 0.1) is 0 Å². The van der Waals surface area contributed by atoms with E-state index < -0.39 is 5.97 Å². The van der Waals surface area contributed by atoms with Crippen LogP contribution in [0.5, 0.6) is 0 Å². The number of benzene rings is 3. The molecule has 36 heavy (non-hydrogen) atoms. The van der Waals surface area contributed by atoms with E-state index in [2.05, 4.69) is 24.4 Å². The molecule has 190 valence electrons. The summed E-state index contributed by atoms with van der Waals surface area (Å²) in [5.74, 6) is -0.842. The summed E-state index contributed by atoms with van der Waals surface area (Å²) in [6.07, 6.45) is 6.24. The summed E-state index contributed by atoms with van der Waals surface area (Å²) in [6.45, 7) is 3.48. The number of amides is 2. The maximum absolute atomic E-state index is 13.2. The van der Waals surface area contributed by atoms with E-state index in [9.17, 15) is 9.59 Å². The van der Waals surface area contributed by atoms with Gasteiger partial charge in [0.1, 0.15) is 0 Å². The molecule has 2 N–H and O–H groups in total. The summed E-state index contributed by atoms with van der Waals surface area (Å²) in [7, 11) is 0. The molecule has 0 aliphatic rings. The number of aryl methyl sites for hydroxylation is 1. The molecule has 6 heteroatoms. The Labute approximate surface area is 218 Å². The van der Waals surface area contributed by atoms with Crippen molar-refractivity contribution >= 4 is 29.4 Å². The first-order valence-electron chi connectivity index (χ1n) is 12.7. The van der Waals surface area contributed by atoms with Crippen LogP contribution in [0.1, 0.15) is 50.2 Å². The van der Waals surface area contributed by atoms with Gasteiger partial charge >= 0.3 is 12.0 Å². The van der Waals surface area contributed by atoms with E-state index in [4.69, 9.17) is 5.11 Å². The zero-order valence-electron chi connectivity index (χ0n) is 21.0. The molecule has 0 fully saturated rings. The number of aliphatic carboxylic acids is 1. The van der Waals surface area contributed by atoms with E-state index in [-0.39, 0.29) is 12.5 Å². The number of carbonyl (C=O) groups is 2. The highest BCUT2D eigenvalue weighted by Gasteiger charge is 2.16. The molecule has 2 amide bonds. The van der Waals surface area contributed by atoms with Crippen molar-refractivity contribution in [3.8, 4) is 0 Å². The molecule has 0 aliphatic carbocycles. The van der Waals surface area contributed by atoms with Crippen molar-refractivity contribution in [2.75, 3.05) is 18.0 Å². The first kappa shape index (κ1) is 27.3. The van der Waals surface area contributed by atoms with E-state index in [1.807, 2.05) is 71.6 Å². The number of nitrogens with one attached hydrogen (secondary N) is 1. The molecule has 0 bridgehead atoms. The monoisotopic (exact) mass is 504 g/mol. The Kier molecular flexibility index (Phi) is 11.4. The zero-order valence-corrected chi connectivity index (χ0v) is 21.8. The minimum atomic E-state index is -0.842. The Balaban J connectivity index is 1.71. The van der Waals surface area contributed by atoms with Gasteiger partial charge < -0.3 is 10.4 Å². The van der Waals surface area contributed by atoms with Crippen LogP contribution in [-0.2, 0) is 17.6 Å². The van der Waals surface area contributed by atoms with Gasteiger partial charge in [0, 0.05) is 28.6 Å². The maximum Gasteiger partial charge on any atom is 0.321 e. The molecule has 0 radical (unpaired) electrons. The zero-order chi connectivity index (χ0) is 25.6. The fraction of sp³-hybridized carbons (Fsp3) is 0.333. The molecule has 5 nitrogen and oxygen atoms in total. The second-order valence-electron chi connectivity index (χ2n) is 8.85. The lowest BCUT2D eigenvalue weighted by Gasteiger charge is -2.24. The van der Waals surface area contributed by atoms with Crippen molar-refractivity contribution in [2.45, 2.75) is 61.7 Å². The van der Waals surface area contributed by atoms with Crippen LogP contribution in [0.25, 0.3) is 0 Å². The van der Waals surface area contributed by atoms with Crippen LogP contribution in [0.4, 0.5) is 10.5 Å². The second kappa shape index (κ2) is 15.0. The Morgan fingerprint density at radius 2 is 1.56 bits per heavy atom. The van der Waals surface area contributed by atoms with Gasteiger partial charge in [-0.3, -0.25) is 9.69 Å². The molecule has 0 saturated carbocycles. The third-order valence-electron chi connectivity index (χ3n) is 5.86. The minimum Gasteiger partial charge on any atom is -0.481 e. The highest BCUT2D eigenvalue weighted by Crippen LogP contribution is 2.31. The van der Waals surface area contributed by atoms with Gasteiger partial charge in [0.2, 0.25) is 0 Å². The van der Waals surface area contributed by atoms with Crippen molar-refractivity contribution < 1.29 is 14.7 Å². The predicted molar refractivity (Wildman–Crippen MR) is 148 cm³/mol. The molecular weight excluding hydrogens is 468 g/mol. The van der Waals surface area contributed by atoms with Crippen LogP contribution >= 0.6 is 11.8 Å². The third kappa shape index (κ3) is 9.42. The number of rotatable bonds is 14. The molecule has 0 aliphatic heterocycles. The number of carboxylic acids is 1. The number of urea groups is 1. The van der Waals surface area contributed by atoms with Crippen LogP contribution in [0.2, 0.25) is 0 Å². The van der Waals surface area contributed by atoms with Crippen LogP contribution in [0.15, 0.2) is 88.7 Å². The average molecular weight is 505 g/mol. The van der Waals surface area contributed by atoms with Crippen LogP contribution in [0.3, 0.4) is 0 Å². The molecule has 0 aromatic heterocycles. The van der Waals surface area contributed by atoms with Crippen LogP contribution in [-0.4, -0.2) is 30.2 Å². The Morgan fingerprint density at radius 1 is 0.833 bits per heavy atom. The first-order valence-corrected chi connectivity index (χ1v) is 13.5. The number of carbonyl (C=O) groups excluding carboxylic acids is 1. The lowest BCUT2D eigenvalue weighted by Crippen LogP contribution is -2.41. The van der Waals surface area contributed by atoms with Crippen LogP contribution < -0.4 is 10.2 Å². The number of nitrogens with zero attached hydrogens (tertiary/aromatic N) is 1. The van der Waals surface area contributed by atoms with E-state index in [0.717, 1.165) is 46.7 Å². The largest absolute Gasteiger partial charge is 0.481 e. The summed E-state index contributed by atoms with van der Waals surface area (Å²) in [6, 6.07) is 25.9. The van der Waals surface area contributed by atoms with Gasteiger partial charge in [0.25, 0.3) is 0 Å². The normalized spacial score (nSPS) is 10.7. The van der Waals surface area contributed by atoms with Gasteiger partial charge in [-0.05, 0) is 60.7 Å². The molecule has 0 atom stereocenters. The fourth-order valence-corrected chi connectivity index (χ4v) is 4.98. The molecule has 3 aromatic carbocycles. The van der Waals surface area contributed by atoms with E-state index in [1.165, 1.54) is 18.4 Å². The Morgan fingerprint density at radius 3 is 2.31 bits per heavy atom. The maximum atomic E-state index is 13.2. The van der Waals surface area contributed by atoms with Gasteiger partial charge in [-0.2, -0.15) is 0 Å². The molecule has 0 spiro atoms. The Bertz CT molecular complexity index is 1100. The highest BCUT2D eigenvalue weighted by molar-refractivity contribution is 7.99. The van der Waals surface area contributed by atoms with Gasteiger partial charge in [-0.15, -0.1) is 0 Å². The topological polar surface area (TPSA) is 69.6 Å². The number of hydrogen-bond acceptors (Lipinski definition) is 3. The van der Waals surface area contributed by atoms with Crippen molar-refractivity contribution in [3.05, 3.63) is 90.0 Å². The van der Waals surface area contributed by atoms with Gasteiger partial charge in [-0.25, -0.2) is 4.79 Å². The molecule has 0 heterocycles. The number of hydrogen-bond donors (Lipinski definition) is 2. The summed E-state index contributed by atoms with van der Waals surface area (Å²) in [5.41, 5.74) is 2.90. The third-order valence-corrected chi connectivity index (χ3v) is 6.84. The van der Waals surface area contributed by atoms with E-state index in [1.54, 1.807) is 11.8 Å². The average Bonchev–Trinajstić information content (AvgIpc) is 2.87. The summed E-state index contributed by atoms with van der Waals surface area (Å²) in [4.78, 5) is 28.1. The minimum absolute atomic E-state index is 0.00204. The van der Waals surface area contributed by atoms with Gasteiger partial charge in [-0.1, -0.05) is 86.5 Å². The molecule has 0 saturated heterocycles. The molecule has 0 unspecified atom stereocenters. The number of carboxylic acid groups (broad SMARTS) is 1. The van der Waals surface area contributed by atoms with Gasteiger partial charge in [0.15, 0.2) is 0 Å². The van der Waals surface area contributed by atoms with Crippen molar-refractivity contribution in [1.29, 1.82) is 0 Å². The molecule has 3 aromatic rings. The SMILES string of the molecule is CCCCCCNC(=O)N(CCCc1ccccc1)c1cccc(Sc2cccc(CC(=O)O)c2)c1. The van der Waals surface area contributed by atoms with E-state index in [0.29, 0.717) is 13.1 Å². The summed E-state index contributed by atoms with van der Waals surface area (Å²) < 4.78 is 0. The van der Waals surface area contributed by atoms with Crippen molar-refractivity contribution in [3.63, 3.8) is 0 Å². The quantitative estimate of drug-likeness (QED) is 0.228. The Hall–Kier alpha value is -3.25. The summed E-state index contributed by atoms with van der Waals surface area (Å²) >= 11 is 1.57. The summed E-state index contributed by atoms with van der Waals surface area (Å²) in [5, 5.41) is 12.2. The fourth-order valence-electron chi connectivity index (χ4n) is 4.02. The lowest BCUT2D eigenvalue weighted by molar-refractivity contribution is -0.136. The number of unbranched alkanes of at least 4 members (excludes halogenated alkanes) is 3. The first-order chi connectivity index (χ1) is 17.5. The van der Waals surface area contributed by atoms with Crippen molar-refractivity contribution in [2.24, 2.45) is 0 Å². The molecular formula is C30H36N2O3S. The lowest BCUT2D eigenvalue weighted by atomic mass is 10.1. The van der Waals surface area contributed by atoms with Crippen molar-refractivity contribution in [1.82, 2.24) is 5.32 Å². The second-order valence-corrected chi connectivity index (χ2v) is 10.00. The molecule has 3 rings (SSSR count). The highest BCUT2D eigenvalue weighted by atomic mass is 32.2. The predicted octanol–water partition coefficient (Wildman–Crippen LogP) is 7.19. The van der Waals surface area contributed by atoms with E-state index >= 15 is 0 Å². The smallest absolute Gasteiger partial charge is 0.321 e. The number of anilines is 1.